The minimum Gasteiger partial charge on any atom is -0.481 e. The maximum Gasteiger partial charge on any atom is 0.306 e. The highest BCUT2D eigenvalue weighted by molar-refractivity contribution is 5.70. The molecule has 3 nitrogen and oxygen atoms in total. The average Bonchev–Trinajstić information content (AvgIpc) is 2.38. The van der Waals surface area contributed by atoms with Gasteiger partial charge in [-0.25, -0.2) is 0 Å². The number of carboxylic acid groups (broad SMARTS) is 1. The first-order valence-corrected chi connectivity index (χ1v) is 6.97. The molecule has 1 saturated carbocycles. The molecular formula is C16H22O3. The van der Waals surface area contributed by atoms with Crippen LogP contribution in [0.15, 0.2) is 18.2 Å². The van der Waals surface area contributed by atoms with Gasteiger partial charge in [-0.05, 0) is 56.2 Å². The SMILES string of the molecule is Cc1cccc(C)c1COC1CCC(C(=O)O)CC1. The molecule has 0 bridgehead atoms. The van der Waals surface area contributed by atoms with E-state index in [1.54, 1.807) is 0 Å². The van der Waals surface area contributed by atoms with Crippen molar-refractivity contribution in [1.29, 1.82) is 0 Å². The minimum absolute atomic E-state index is 0.167. The summed E-state index contributed by atoms with van der Waals surface area (Å²) in [6, 6.07) is 6.27. The van der Waals surface area contributed by atoms with E-state index in [0.29, 0.717) is 6.61 Å². The second kappa shape index (κ2) is 6.20. The van der Waals surface area contributed by atoms with Crippen LogP contribution in [0.1, 0.15) is 42.4 Å². The van der Waals surface area contributed by atoms with Gasteiger partial charge < -0.3 is 9.84 Å². The summed E-state index contributed by atoms with van der Waals surface area (Å²) in [5.41, 5.74) is 3.79. The maximum absolute atomic E-state index is 10.9. The smallest absolute Gasteiger partial charge is 0.306 e. The number of hydrogen-bond acceptors (Lipinski definition) is 2. The Balaban J connectivity index is 1.86. The molecule has 0 aliphatic heterocycles. The van der Waals surface area contributed by atoms with Gasteiger partial charge in [0.05, 0.1) is 18.6 Å². The monoisotopic (exact) mass is 262 g/mol. The largest absolute Gasteiger partial charge is 0.481 e. The summed E-state index contributed by atoms with van der Waals surface area (Å²) in [5.74, 6) is -0.826. The summed E-state index contributed by atoms with van der Waals surface area (Å²) in [5, 5.41) is 8.96. The molecule has 2 rings (SSSR count). The van der Waals surface area contributed by atoms with E-state index in [9.17, 15) is 4.79 Å². The summed E-state index contributed by atoms with van der Waals surface area (Å²) in [6.07, 6.45) is 3.43. The van der Waals surface area contributed by atoms with Gasteiger partial charge in [-0.15, -0.1) is 0 Å². The topological polar surface area (TPSA) is 46.5 Å². The number of hydrogen-bond donors (Lipinski definition) is 1. The van der Waals surface area contributed by atoms with Crippen molar-refractivity contribution in [2.75, 3.05) is 0 Å². The van der Waals surface area contributed by atoms with Crippen LogP contribution in [0.4, 0.5) is 0 Å². The number of aliphatic carboxylic acids is 1. The highest BCUT2D eigenvalue weighted by Crippen LogP contribution is 2.27. The number of benzene rings is 1. The van der Waals surface area contributed by atoms with Crippen molar-refractivity contribution >= 4 is 5.97 Å². The van der Waals surface area contributed by atoms with Crippen LogP contribution >= 0.6 is 0 Å². The highest BCUT2D eigenvalue weighted by atomic mass is 16.5. The van der Waals surface area contributed by atoms with Gasteiger partial charge in [-0.3, -0.25) is 4.79 Å². The Morgan fingerprint density at radius 2 is 1.79 bits per heavy atom. The minimum atomic E-state index is -0.659. The Bertz CT molecular complexity index is 425. The zero-order valence-electron chi connectivity index (χ0n) is 11.7. The fraction of sp³-hybridized carbons (Fsp3) is 0.562. The molecule has 1 aromatic carbocycles. The lowest BCUT2D eigenvalue weighted by molar-refractivity contribution is -0.143. The highest BCUT2D eigenvalue weighted by Gasteiger charge is 2.26. The van der Waals surface area contributed by atoms with Crippen LogP contribution in [0.25, 0.3) is 0 Å². The third-order valence-electron chi connectivity index (χ3n) is 4.13. The second-order valence-electron chi connectivity index (χ2n) is 5.49. The van der Waals surface area contributed by atoms with Crippen molar-refractivity contribution in [2.45, 2.75) is 52.2 Å². The molecule has 19 heavy (non-hydrogen) atoms. The fourth-order valence-corrected chi connectivity index (χ4v) is 2.75. The lowest BCUT2D eigenvalue weighted by atomic mass is 9.87. The van der Waals surface area contributed by atoms with Crippen molar-refractivity contribution < 1.29 is 14.6 Å². The van der Waals surface area contributed by atoms with E-state index >= 15 is 0 Å². The lowest BCUT2D eigenvalue weighted by Gasteiger charge is -2.26. The van der Waals surface area contributed by atoms with Crippen LogP contribution in [0.2, 0.25) is 0 Å². The quantitative estimate of drug-likeness (QED) is 0.903. The van der Waals surface area contributed by atoms with Crippen molar-refractivity contribution in [2.24, 2.45) is 5.92 Å². The normalized spacial score (nSPS) is 23.3. The molecule has 104 valence electrons. The Morgan fingerprint density at radius 1 is 1.21 bits per heavy atom. The summed E-state index contributed by atoms with van der Waals surface area (Å²) in [6.45, 7) is 4.85. The first-order valence-electron chi connectivity index (χ1n) is 6.97. The summed E-state index contributed by atoms with van der Waals surface area (Å²) in [7, 11) is 0. The zero-order valence-corrected chi connectivity index (χ0v) is 11.7. The van der Waals surface area contributed by atoms with E-state index < -0.39 is 5.97 Å². The summed E-state index contributed by atoms with van der Waals surface area (Å²) < 4.78 is 5.97. The van der Waals surface area contributed by atoms with E-state index in [1.807, 2.05) is 0 Å². The molecule has 1 N–H and O–H groups in total. The van der Waals surface area contributed by atoms with E-state index in [4.69, 9.17) is 9.84 Å². The Kier molecular flexibility index (Phi) is 4.59. The fourth-order valence-electron chi connectivity index (χ4n) is 2.75. The molecule has 1 aliphatic carbocycles. The number of aryl methyl sites for hydroxylation is 2. The number of carbonyl (C=O) groups is 1. The predicted octanol–water partition coefficient (Wildman–Crippen LogP) is 3.46. The first-order chi connectivity index (χ1) is 9.08. The third-order valence-corrected chi connectivity index (χ3v) is 4.13. The Morgan fingerprint density at radius 3 is 2.32 bits per heavy atom. The zero-order chi connectivity index (χ0) is 13.8. The van der Waals surface area contributed by atoms with E-state index in [0.717, 1.165) is 25.7 Å². The maximum atomic E-state index is 10.9. The molecule has 0 spiro atoms. The van der Waals surface area contributed by atoms with Crippen LogP contribution in [-0.4, -0.2) is 17.2 Å². The standard InChI is InChI=1S/C16H22O3/c1-11-4-3-5-12(2)15(11)10-19-14-8-6-13(7-9-14)16(17)18/h3-5,13-14H,6-10H2,1-2H3,(H,17,18). The van der Waals surface area contributed by atoms with E-state index in [1.165, 1.54) is 16.7 Å². The molecule has 0 unspecified atom stereocenters. The van der Waals surface area contributed by atoms with Gasteiger partial charge in [0.25, 0.3) is 0 Å². The van der Waals surface area contributed by atoms with Crippen LogP contribution in [0.5, 0.6) is 0 Å². The van der Waals surface area contributed by atoms with Crippen LogP contribution in [0.3, 0.4) is 0 Å². The average molecular weight is 262 g/mol. The van der Waals surface area contributed by atoms with Crippen molar-refractivity contribution in [3.63, 3.8) is 0 Å². The molecule has 1 fully saturated rings. The number of ether oxygens (including phenoxy) is 1. The van der Waals surface area contributed by atoms with Gasteiger partial charge in [-0.2, -0.15) is 0 Å². The summed E-state index contributed by atoms with van der Waals surface area (Å²) in [4.78, 5) is 10.9. The molecule has 0 radical (unpaired) electrons. The molecule has 0 heterocycles. The molecule has 0 aromatic heterocycles. The van der Waals surface area contributed by atoms with Gasteiger partial charge in [-0.1, -0.05) is 18.2 Å². The molecule has 1 aliphatic rings. The predicted molar refractivity (Wildman–Crippen MR) is 74.1 cm³/mol. The van der Waals surface area contributed by atoms with Crippen LogP contribution in [-0.2, 0) is 16.1 Å². The van der Waals surface area contributed by atoms with Crippen LogP contribution in [0, 0.1) is 19.8 Å². The van der Waals surface area contributed by atoms with Crippen molar-refractivity contribution in [3.8, 4) is 0 Å². The van der Waals surface area contributed by atoms with Gasteiger partial charge in [0.15, 0.2) is 0 Å². The second-order valence-corrected chi connectivity index (χ2v) is 5.49. The Labute approximate surface area is 114 Å². The van der Waals surface area contributed by atoms with Crippen molar-refractivity contribution in [3.05, 3.63) is 34.9 Å². The first kappa shape index (κ1) is 14.1. The molecular weight excluding hydrogens is 240 g/mol. The number of carboxylic acids is 1. The molecule has 0 atom stereocenters. The van der Waals surface area contributed by atoms with Gasteiger partial charge in [0, 0.05) is 0 Å². The Hall–Kier alpha value is -1.35. The molecule has 0 amide bonds. The van der Waals surface area contributed by atoms with Gasteiger partial charge in [0.1, 0.15) is 0 Å². The van der Waals surface area contributed by atoms with Gasteiger partial charge >= 0.3 is 5.97 Å². The molecule has 3 heteroatoms. The van der Waals surface area contributed by atoms with Crippen LogP contribution < -0.4 is 0 Å². The lowest BCUT2D eigenvalue weighted by Crippen LogP contribution is -2.26. The summed E-state index contributed by atoms with van der Waals surface area (Å²) >= 11 is 0. The molecule has 0 saturated heterocycles. The molecule has 1 aromatic rings. The van der Waals surface area contributed by atoms with E-state index in [-0.39, 0.29) is 12.0 Å². The van der Waals surface area contributed by atoms with E-state index in [2.05, 4.69) is 32.0 Å². The number of rotatable bonds is 4. The third kappa shape index (κ3) is 3.57. The van der Waals surface area contributed by atoms with Crippen molar-refractivity contribution in [1.82, 2.24) is 0 Å². The van der Waals surface area contributed by atoms with Gasteiger partial charge in [0.2, 0.25) is 0 Å².